The molecule has 3 saturated heterocycles. The fourth-order valence-corrected chi connectivity index (χ4v) is 6.63. The number of sulfonamides is 1. The predicted molar refractivity (Wildman–Crippen MR) is 80.0 cm³/mol. The zero-order valence-electron chi connectivity index (χ0n) is 11.2. The molecule has 1 aromatic carbocycles. The Bertz CT molecular complexity index is 605. The highest BCUT2D eigenvalue weighted by Crippen LogP contribution is 2.42. The van der Waals surface area contributed by atoms with Crippen LogP contribution in [0.5, 0.6) is 0 Å². The lowest BCUT2D eigenvalue weighted by Gasteiger charge is -2.23. The van der Waals surface area contributed by atoms with E-state index in [0.717, 1.165) is 5.88 Å². The van der Waals surface area contributed by atoms with Crippen molar-refractivity contribution in [3.8, 4) is 0 Å². The SMILES string of the molecule is O=S(=O)(c1ccccc1)N1C[C@H]2C[C@@H]3CSCN3[C@H]2C1. The molecule has 0 N–H and O–H groups in total. The Kier molecular flexibility index (Phi) is 3.10. The van der Waals surface area contributed by atoms with Crippen LogP contribution in [0.2, 0.25) is 0 Å². The van der Waals surface area contributed by atoms with E-state index in [1.807, 2.05) is 17.8 Å². The highest BCUT2D eigenvalue weighted by Gasteiger charge is 2.50. The zero-order chi connectivity index (χ0) is 13.7. The van der Waals surface area contributed by atoms with Crippen molar-refractivity contribution < 1.29 is 8.42 Å². The van der Waals surface area contributed by atoms with E-state index in [0.29, 0.717) is 36.0 Å². The van der Waals surface area contributed by atoms with Gasteiger partial charge in [-0.15, -0.1) is 11.8 Å². The summed E-state index contributed by atoms with van der Waals surface area (Å²) in [6, 6.07) is 9.94. The van der Waals surface area contributed by atoms with Crippen molar-refractivity contribution >= 4 is 21.8 Å². The normalized spacial score (nSPS) is 34.3. The molecule has 3 aliphatic rings. The third-order valence-corrected chi connectivity index (χ3v) is 7.72. The van der Waals surface area contributed by atoms with Crippen molar-refractivity contribution in [2.45, 2.75) is 23.4 Å². The highest BCUT2D eigenvalue weighted by atomic mass is 32.2. The van der Waals surface area contributed by atoms with Crippen LogP contribution in [0.15, 0.2) is 35.2 Å². The Balaban J connectivity index is 1.58. The number of hydrogen-bond acceptors (Lipinski definition) is 4. The van der Waals surface area contributed by atoms with E-state index in [9.17, 15) is 8.42 Å². The van der Waals surface area contributed by atoms with Gasteiger partial charge in [-0.1, -0.05) is 18.2 Å². The van der Waals surface area contributed by atoms with Crippen LogP contribution < -0.4 is 0 Å². The van der Waals surface area contributed by atoms with Crippen LogP contribution in [0.4, 0.5) is 0 Å². The van der Waals surface area contributed by atoms with Crippen molar-refractivity contribution in [3.05, 3.63) is 30.3 Å². The maximum absolute atomic E-state index is 12.7. The van der Waals surface area contributed by atoms with E-state index < -0.39 is 10.0 Å². The lowest BCUT2D eigenvalue weighted by molar-refractivity contribution is 0.248. The van der Waals surface area contributed by atoms with Gasteiger partial charge in [0.1, 0.15) is 0 Å². The lowest BCUT2D eigenvalue weighted by Crippen LogP contribution is -2.38. The first-order valence-corrected chi connectivity index (χ1v) is 9.64. The summed E-state index contributed by atoms with van der Waals surface area (Å²) in [6.45, 7) is 1.36. The van der Waals surface area contributed by atoms with Gasteiger partial charge in [-0.2, -0.15) is 4.31 Å². The summed E-state index contributed by atoms with van der Waals surface area (Å²) in [7, 11) is -3.31. The molecular formula is C14H18N2O2S2. The van der Waals surface area contributed by atoms with Crippen LogP contribution in [-0.4, -0.2) is 54.4 Å². The first-order chi connectivity index (χ1) is 9.66. The number of thioether (sulfide) groups is 1. The fraction of sp³-hybridized carbons (Fsp3) is 0.571. The van der Waals surface area contributed by atoms with Crippen LogP contribution in [0.1, 0.15) is 6.42 Å². The zero-order valence-corrected chi connectivity index (χ0v) is 12.8. The van der Waals surface area contributed by atoms with Crippen molar-refractivity contribution in [1.29, 1.82) is 0 Å². The Hall–Kier alpha value is -0.560. The van der Waals surface area contributed by atoms with Gasteiger partial charge in [0.25, 0.3) is 0 Å². The summed E-state index contributed by atoms with van der Waals surface area (Å²) in [4.78, 5) is 2.95. The average molecular weight is 310 g/mol. The van der Waals surface area contributed by atoms with Crippen molar-refractivity contribution in [3.63, 3.8) is 0 Å². The van der Waals surface area contributed by atoms with Crippen molar-refractivity contribution in [2.75, 3.05) is 24.7 Å². The number of nitrogens with zero attached hydrogens (tertiary/aromatic N) is 2. The minimum atomic E-state index is -3.31. The first-order valence-electron chi connectivity index (χ1n) is 7.05. The molecule has 0 aliphatic carbocycles. The molecule has 0 saturated carbocycles. The van der Waals surface area contributed by atoms with Gasteiger partial charge in [0, 0.05) is 36.8 Å². The van der Waals surface area contributed by atoms with Crippen molar-refractivity contribution in [2.24, 2.45) is 5.92 Å². The summed E-state index contributed by atoms with van der Waals surface area (Å²) >= 11 is 1.98. The summed E-state index contributed by atoms with van der Waals surface area (Å²) < 4.78 is 27.0. The molecule has 3 heterocycles. The largest absolute Gasteiger partial charge is 0.286 e. The monoisotopic (exact) mass is 310 g/mol. The number of rotatable bonds is 2. The molecule has 4 rings (SSSR count). The third kappa shape index (κ3) is 1.93. The molecule has 4 nitrogen and oxygen atoms in total. The Labute approximate surface area is 124 Å². The van der Waals surface area contributed by atoms with Gasteiger partial charge in [-0.3, -0.25) is 4.90 Å². The second-order valence-electron chi connectivity index (χ2n) is 5.87. The second kappa shape index (κ2) is 4.73. The summed E-state index contributed by atoms with van der Waals surface area (Å²) in [5.74, 6) is 2.82. The lowest BCUT2D eigenvalue weighted by atomic mass is 10.0. The molecule has 20 heavy (non-hydrogen) atoms. The molecule has 3 atom stereocenters. The highest BCUT2D eigenvalue weighted by molar-refractivity contribution is 7.99. The fourth-order valence-electron chi connectivity index (χ4n) is 3.78. The van der Waals surface area contributed by atoms with E-state index in [4.69, 9.17) is 0 Å². The van der Waals surface area contributed by atoms with Crippen LogP contribution in [0.3, 0.4) is 0 Å². The maximum Gasteiger partial charge on any atom is 0.243 e. The molecule has 0 unspecified atom stereocenters. The molecule has 0 aromatic heterocycles. The quantitative estimate of drug-likeness (QED) is 0.829. The minimum Gasteiger partial charge on any atom is -0.286 e. The van der Waals surface area contributed by atoms with Crippen LogP contribution >= 0.6 is 11.8 Å². The smallest absolute Gasteiger partial charge is 0.243 e. The molecule has 3 fully saturated rings. The molecule has 0 radical (unpaired) electrons. The van der Waals surface area contributed by atoms with Crippen LogP contribution in [-0.2, 0) is 10.0 Å². The second-order valence-corrected chi connectivity index (χ2v) is 8.80. The molecule has 0 amide bonds. The van der Waals surface area contributed by atoms with Gasteiger partial charge < -0.3 is 0 Å². The topological polar surface area (TPSA) is 40.6 Å². The third-order valence-electron chi connectivity index (χ3n) is 4.77. The molecule has 6 heteroatoms. The number of fused-ring (bicyclic) bond motifs is 3. The summed E-state index contributed by atoms with van der Waals surface area (Å²) in [6.07, 6.45) is 1.17. The molecule has 3 aliphatic heterocycles. The molecule has 108 valence electrons. The van der Waals surface area contributed by atoms with Gasteiger partial charge in [-0.25, -0.2) is 8.42 Å². The molecular weight excluding hydrogens is 292 g/mol. The van der Waals surface area contributed by atoms with E-state index >= 15 is 0 Å². The Morgan fingerprint density at radius 1 is 1.15 bits per heavy atom. The van der Waals surface area contributed by atoms with Gasteiger partial charge in [0.15, 0.2) is 0 Å². The van der Waals surface area contributed by atoms with E-state index in [-0.39, 0.29) is 0 Å². The number of benzene rings is 1. The van der Waals surface area contributed by atoms with E-state index in [1.165, 1.54) is 12.2 Å². The van der Waals surface area contributed by atoms with Gasteiger partial charge >= 0.3 is 0 Å². The van der Waals surface area contributed by atoms with Gasteiger partial charge in [0.05, 0.1) is 4.90 Å². The van der Waals surface area contributed by atoms with Gasteiger partial charge in [-0.05, 0) is 24.5 Å². The maximum atomic E-state index is 12.7. The molecule has 0 bridgehead atoms. The first kappa shape index (κ1) is 13.1. The standard InChI is InChI=1S/C14H18N2O2S2/c17-20(18,13-4-2-1-3-5-13)15-7-11-6-12-9-19-10-16(12)14(11)8-15/h1-5,11-12,14H,6-10H2/t11-,12-,14+/m1/s1. The van der Waals surface area contributed by atoms with Crippen LogP contribution in [0.25, 0.3) is 0 Å². The number of hydrogen-bond donors (Lipinski definition) is 0. The summed E-state index contributed by atoms with van der Waals surface area (Å²) in [5, 5.41) is 0. The van der Waals surface area contributed by atoms with E-state index in [2.05, 4.69) is 4.90 Å². The summed E-state index contributed by atoms with van der Waals surface area (Å²) in [5.41, 5.74) is 0. The molecule has 0 spiro atoms. The predicted octanol–water partition coefficient (Wildman–Crippen LogP) is 1.45. The molecule has 1 aromatic rings. The van der Waals surface area contributed by atoms with Crippen LogP contribution in [0, 0.1) is 5.92 Å². The van der Waals surface area contributed by atoms with E-state index in [1.54, 1.807) is 28.6 Å². The van der Waals surface area contributed by atoms with Crippen molar-refractivity contribution in [1.82, 2.24) is 9.21 Å². The Morgan fingerprint density at radius 3 is 2.75 bits per heavy atom. The average Bonchev–Trinajstić information content (AvgIpc) is 3.10. The minimum absolute atomic E-state index is 0.423. The van der Waals surface area contributed by atoms with Gasteiger partial charge in [0.2, 0.25) is 10.0 Å². The Morgan fingerprint density at radius 2 is 1.95 bits per heavy atom.